The Kier molecular flexibility index (Phi) is 3.31. The topological polar surface area (TPSA) is 61.0 Å². The number of nitrogens with two attached hydrogens (primary N) is 1. The second-order valence-electron chi connectivity index (χ2n) is 4.67. The third kappa shape index (κ3) is 2.60. The molecule has 0 aliphatic rings. The monoisotopic (exact) mass is 265 g/mol. The Bertz CT molecular complexity index is 723. The molecule has 2 aromatic heterocycles. The highest BCUT2D eigenvalue weighted by atomic mass is 16.5. The molecule has 0 bridgehead atoms. The average molecular weight is 265 g/mol. The van der Waals surface area contributed by atoms with Gasteiger partial charge in [-0.25, -0.2) is 0 Å². The number of rotatable bonds is 3. The van der Waals surface area contributed by atoms with Crippen molar-refractivity contribution in [2.45, 2.75) is 13.0 Å². The van der Waals surface area contributed by atoms with E-state index in [0.29, 0.717) is 5.75 Å². The van der Waals surface area contributed by atoms with Crippen LogP contribution in [0.3, 0.4) is 0 Å². The van der Waals surface area contributed by atoms with Crippen molar-refractivity contribution < 1.29 is 4.74 Å². The number of hydrogen-bond acceptors (Lipinski definition) is 4. The lowest BCUT2D eigenvalue weighted by atomic mass is 10.2. The van der Waals surface area contributed by atoms with Crippen LogP contribution in [0.4, 0.5) is 0 Å². The van der Waals surface area contributed by atoms with Crippen LogP contribution in [0.1, 0.15) is 18.7 Å². The normalized spacial score (nSPS) is 12.3. The van der Waals surface area contributed by atoms with E-state index in [9.17, 15) is 0 Å². The van der Waals surface area contributed by atoms with E-state index in [1.165, 1.54) is 0 Å². The molecule has 0 aliphatic carbocycles. The molecule has 4 heteroatoms. The second-order valence-corrected chi connectivity index (χ2v) is 4.67. The second kappa shape index (κ2) is 5.27. The summed E-state index contributed by atoms with van der Waals surface area (Å²) in [5.74, 6) is 1.43. The molecule has 20 heavy (non-hydrogen) atoms. The minimum Gasteiger partial charge on any atom is -0.456 e. The van der Waals surface area contributed by atoms with Gasteiger partial charge in [-0.15, -0.1) is 0 Å². The fourth-order valence-corrected chi connectivity index (χ4v) is 1.97. The Morgan fingerprint density at radius 3 is 2.65 bits per heavy atom. The van der Waals surface area contributed by atoms with Crippen molar-refractivity contribution in [2.24, 2.45) is 5.73 Å². The maximum absolute atomic E-state index is 5.78. The van der Waals surface area contributed by atoms with E-state index in [1.54, 1.807) is 12.4 Å². The molecule has 0 saturated heterocycles. The summed E-state index contributed by atoms with van der Waals surface area (Å²) in [6.45, 7) is 1.90. The van der Waals surface area contributed by atoms with Crippen molar-refractivity contribution in [2.75, 3.05) is 0 Å². The van der Waals surface area contributed by atoms with Crippen LogP contribution < -0.4 is 10.5 Å². The van der Waals surface area contributed by atoms with Gasteiger partial charge in [-0.05, 0) is 37.3 Å². The van der Waals surface area contributed by atoms with Crippen LogP contribution in [-0.2, 0) is 0 Å². The molecule has 0 aliphatic heterocycles. The Hall–Kier alpha value is -2.46. The van der Waals surface area contributed by atoms with Gasteiger partial charge in [-0.3, -0.25) is 9.97 Å². The summed E-state index contributed by atoms with van der Waals surface area (Å²) < 4.78 is 5.78. The number of pyridine rings is 2. The summed E-state index contributed by atoms with van der Waals surface area (Å²) in [6.07, 6.45) is 3.45. The molecule has 1 aromatic carbocycles. The largest absolute Gasteiger partial charge is 0.456 e. The zero-order valence-corrected chi connectivity index (χ0v) is 11.2. The van der Waals surface area contributed by atoms with E-state index in [4.69, 9.17) is 10.5 Å². The number of nitrogens with zero attached hydrogens (tertiary/aromatic N) is 2. The van der Waals surface area contributed by atoms with Crippen molar-refractivity contribution in [1.82, 2.24) is 9.97 Å². The molecular formula is C16H15N3O. The molecule has 1 atom stereocenters. The first kappa shape index (κ1) is 12.6. The van der Waals surface area contributed by atoms with E-state index in [-0.39, 0.29) is 6.04 Å². The average Bonchev–Trinajstić information content (AvgIpc) is 2.48. The van der Waals surface area contributed by atoms with Gasteiger partial charge < -0.3 is 10.5 Å². The van der Waals surface area contributed by atoms with Crippen LogP contribution in [0.25, 0.3) is 10.9 Å². The predicted molar refractivity (Wildman–Crippen MR) is 78.7 cm³/mol. The van der Waals surface area contributed by atoms with Crippen molar-refractivity contribution in [3.8, 4) is 11.5 Å². The van der Waals surface area contributed by atoms with Gasteiger partial charge in [-0.2, -0.15) is 0 Å². The summed E-state index contributed by atoms with van der Waals surface area (Å²) in [5, 5.41) is 1.09. The summed E-state index contributed by atoms with van der Waals surface area (Å²) in [6, 6.07) is 13.4. The number of benzene rings is 1. The number of fused-ring (bicyclic) bond motifs is 1. The zero-order chi connectivity index (χ0) is 13.9. The van der Waals surface area contributed by atoms with Crippen LogP contribution in [0.15, 0.2) is 54.9 Å². The first-order valence-electron chi connectivity index (χ1n) is 6.46. The first-order valence-corrected chi connectivity index (χ1v) is 6.46. The highest BCUT2D eigenvalue weighted by molar-refractivity contribution is 5.79. The molecule has 3 aromatic rings. The van der Waals surface area contributed by atoms with Gasteiger partial charge in [0.2, 0.25) is 0 Å². The Balaban J connectivity index is 1.85. The van der Waals surface area contributed by atoms with Gasteiger partial charge in [0.1, 0.15) is 11.5 Å². The smallest absolute Gasteiger partial charge is 0.145 e. The maximum Gasteiger partial charge on any atom is 0.145 e. The lowest BCUT2D eigenvalue weighted by Gasteiger charge is -2.08. The van der Waals surface area contributed by atoms with E-state index >= 15 is 0 Å². The fraction of sp³-hybridized carbons (Fsp3) is 0.125. The van der Waals surface area contributed by atoms with E-state index < -0.39 is 0 Å². The molecule has 0 amide bonds. The lowest BCUT2D eigenvalue weighted by Crippen LogP contribution is -2.06. The summed E-state index contributed by atoms with van der Waals surface area (Å²) >= 11 is 0. The number of aromatic nitrogens is 2. The van der Waals surface area contributed by atoms with Crippen molar-refractivity contribution in [3.63, 3.8) is 0 Å². The summed E-state index contributed by atoms with van der Waals surface area (Å²) in [7, 11) is 0. The molecule has 4 nitrogen and oxygen atoms in total. The third-order valence-electron chi connectivity index (χ3n) is 3.04. The molecule has 0 spiro atoms. The van der Waals surface area contributed by atoms with Crippen LogP contribution in [0.2, 0.25) is 0 Å². The number of hydrogen-bond donors (Lipinski definition) is 1. The van der Waals surface area contributed by atoms with Gasteiger partial charge in [0.25, 0.3) is 0 Å². The van der Waals surface area contributed by atoms with E-state index in [0.717, 1.165) is 22.3 Å². The molecule has 0 fully saturated rings. The van der Waals surface area contributed by atoms with Crippen molar-refractivity contribution in [3.05, 3.63) is 60.6 Å². The molecule has 0 radical (unpaired) electrons. The lowest BCUT2D eigenvalue weighted by molar-refractivity contribution is 0.480. The molecule has 2 N–H and O–H groups in total. The number of ether oxygens (including phenoxy) is 1. The van der Waals surface area contributed by atoms with E-state index in [2.05, 4.69) is 9.97 Å². The Morgan fingerprint density at radius 1 is 1.05 bits per heavy atom. The standard InChI is InChI=1S/C16H15N3O/c1-11(17)15-7-6-14(10-19-15)20-13-5-4-12-3-2-8-18-16(12)9-13/h2-11H,17H2,1H3/t11-/m0/s1. The van der Waals surface area contributed by atoms with Crippen molar-refractivity contribution >= 4 is 10.9 Å². The fourth-order valence-electron chi connectivity index (χ4n) is 1.97. The SMILES string of the molecule is C[C@H](N)c1ccc(Oc2ccc3cccnc3c2)cn1. The molecule has 3 rings (SSSR count). The van der Waals surface area contributed by atoms with Gasteiger partial charge in [-0.1, -0.05) is 6.07 Å². The van der Waals surface area contributed by atoms with Crippen LogP contribution in [0, 0.1) is 0 Å². The first-order chi connectivity index (χ1) is 9.72. The molecule has 2 heterocycles. The quantitative estimate of drug-likeness (QED) is 0.788. The Labute approximate surface area is 117 Å². The van der Waals surface area contributed by atoms with Crippen LogP contribution >= 0.6 is 0 Å². The minimum absolute atomic E-state index is 0.0751. The minimum atomic E-state index is -0.0751. The molecule has 0 saturated carbocycles. The predicted octanol–water partition coefficient (Wildman–Crippen LogP) is 3.44. The van der Waals surface area contributed by atoms with E-state index in [1.807, 2.05) is 49.4 Å². The van der Waals surface area contributed by atoms with Crippen molar-refractivity contribution in [1.29, 1.82) is 0 Å². The third-order valence-corrected chi connectivity index (χ3v) is 3.04. The van der Waals surface area contributed by atoms with Crippen LogP contribution in [-0.4, -0.2) is 9.97 Å². The molecular weight excluding hydrogens is 250 g/mol. The van der Waals surface area contributed by atoms with Gasteiger partial charge in [0.15, 0.2) is 0 Å². The Morgan fingerprint density at radius 2 is 1.90 bits per heavy atom. The summed E-state index contributed by atoms with van der Waals surface area (Å²) in [4.78, 5) is 8.58. The highest BCUT2D eigenvalue weighted by Crippen LogP contribution is 2.24. The molecule has 0 unspecified atom stereocenters. The maximum atomic E-state index is 5.78. The summed E-state index contributed by atoms with van der Waals surface area (Å²) in [5.41, 5.74) is 7.52. The van der Waals surface area contributed by atoms with Gasteiger partial charge in [0.05, 0.1) is 17.4 Å². The highest BCUT2D eigenvalue weighted by Gasteiger charge is 2.03. The van der Waals surface area contributed by atoms with Gasteiger partial charge >= 0.3 is 0 Å². The van der Waals surface area contributed by atoms with Crippen LogP contribution in [0.5, 0.6) is 11.5 Å². The van der Waals surface area contributed by atoms with Gasteiger partial charge in [0, 0.05) is 23.7 Å². The molecule has 100 valence electrons. The zero-order valence-electron chi connectivity index (χ0n) is 11.2.